The Morgan fingerprint density at radius 3 is 2.52 bits per heavy atom. The number of anilines is 1. The lowest BCUT2D eigenvalue weighted by molar-refractivity contribution is -0.138. The van der Waals surface area contributed by atoms with Crippen LogP contribution in [0.3, 0.4) is 0 Å². The molecule has 1 saturated heterocycles. The second kappa shape index (κ2) is 7.13. The number of hydrogen-bond donors (Lipinski definition) is 1. The van der Waals surface area contributed by atoms with Gasteiger partial charge in [0.2, 0.25) is 11.0 Å². The Morgan fingerprint density at radius 2 is 1.91 bits per heavy atom. The van der Waals surface area contributed by atoms with Gasteiger partial charge in [-0.05, 0) is 12.8 Å². The van der Waals surface area contributed by atoms with Crippen LogP contribution in [0.1, 0.15) is 51.3 Å². The van der Waals surface area contributed by atoms with Crippen LogP contribution in [0.25, 0.3) is 0 Å². The minimum absolute atomic E-state index is 0.0977. The molecule has 3 rings (SSSR count). The van der Waals surface area contributed by atoms with Crippen LogP contribution in [0.15, 0.2) is 0 Å². The van der Waals surface area contributed by atoms with Gasteiger partial charge in [0.05, 0.1) is 12.0 Å². The predicted octanol–water partition coefficient (Wildman–Crippen LogP) is 1.83. The fraction of sp³-hybridized carbons (Fsp3) is 0.812. The summed E-state index contributed by atoms with van der Waals surface area (Å²) < 4.78 is 4.33. The highest BCUT2D eigenvalue weighted by Crippen LogP contribution is 2.31. The van der Waals surface area contributed by atoms with E-state index in [1.165, 1.54) is 18.0 Å². The van der Waals surface area contributed by atoms with E-state index < -0.39 is 5.60 Å². The van der Waals surface area contributed by atoms with E-state index in [0.717, 1.165) is 56.1 Å². The molecule has 7 heteroatoms. The predicted molar refractivity (Wildman–Crippen MR) is 90.7 cm³/mol. The first-order chi connectivity index (χ1) is 11.1. The Labute approximate surface area is 141 Å². The molecule has 1 saturated carbocycles. The number of carbonyl (C=O) groups is 1. The minimum Gasteiger partial charge on any atom is -0.389 e. The quantitative estimate of drug-likeness (QED) is 0.907. The van der Waals surface area contributed by atoms with E-state index in [2.05, 4.69) is 21.2 Å². The molecule has 1 aromatic heterocycles. The van der Waals surface area contributed by atoms with Gasteiger partial charge in [-0.1, -0.05) is 26.2 Å². The first-order valence-electron chi connectivity index (χ1n) is 8.67. The molecule has 1 N–H and O–H groups in total. The normalized spacial score (nSPS) is 21.5. The van der Waals surface area contributed by atoms with Gasteiger partial charge >= 0.3 is 0 Å². The summed E-state index contributed by atoms with van der Waals surface area (Å²) in [6, 6.07) is 0. The lowest BCUT2D eigenvalue weighted by Gasteiger charge is -2.37. The van der Waals surface area contributed by atoms with Gasteiger partial charge in [-0.15, -0.1) is 0 Å². The van der Waals surface area contributed by atoms with Crippen molar-refractivity contribution in [2.75, 3.05) is 31.1 Å². The summed E-state index contributed by atoms with van der Waals surface area (Å²) in [5.41, 5.74) is -0.762. The zero-order valence-corrected chi connectivity index (χ0v) is 14.6. The first-order valence-corrected chi connectivity index (χ1v) is 9.45. The van der Waals surface area contributed by atoms with Crippen LogP contribution in [0, 0.1) is 0 Å². The molecule has 128 valence electrons. The molecule has 1 amide bonds. The smallest absolute Gasteiger partial charge is 0.225 e. The van der Waals surface area contributed by atoms with E-state index in [1.54, 1.807) is 0 Å². The molecule has 2 fully saturated rings. The maximum absolute atomic E-state index is 12.5. The number of aromatic nitrogens is 2. The van der Waals surface area contributed by atoms with Crippen molar-refractivity contribution in [2.24, 2.45) is 0 Å². The van der Waals surface area contributed by atoms with Crippen LogP contribution in [-0.4, -0.2) is 57.1 Å². The third kappa shape index (κ3) is 4.01. The Bertz CT molecular complexity index is 534. The largest absolute Gasteiger partial charge is 0.389 e. The second-order valence-corrected chi connectivity index (χ2v) is 7.41. The van der Waals surface area contributed by atoms with Gasteiger partial charge in [-0.25, -0.2) is 4.98 Å². The summed E-state index contributed by atoms with van der Waals surface area (Å²) in [5.74, 6) is 0.989. The minimum atomic E-state index is -0.762. The van der Waals surface area contributed by atoms with E-state index >= 15 is 0 Å². The van der Waals surface area contributed by atoms with Crippen molar-refractivity contribution >= 4 is 22.6 Å². The van der Waals surface area contributed by atoms with Gasteiger partial charge in [-0.3, -0.25) is 4.79 Å². The van der Waals surface area contributed by atoms with E-state index in [-0.39, 0.29) is 12.3 Å². The summed E-state index contributed by atoms with van der Waals surface area (Å²) in [7, 11) is 0. The highest BCUT2D eigenvalue weighted by Gasteiger charge is 2.34. The lowest BCUT2D eigenvalue weighted by atomic mass is 9.82. The first kappa shape index (κ1) is 16.6. The number of carbonyl (C=O) groups excluding carboxylic acids is 1. The van der Waals surface area contributed by atoms with E-state index in [1.807, 2.05) is 4.90 Å². The van der Waals surface area contributed by atoms with Gasteiger partial charge in [0, 0.05) is 44.1 Å². The Hall–Kier alpha value is -1.21. The Kier molecular flexibility index (Phi) is 5.16. The summed E-state index contributed by atoms with van der Waals surface area (Å²) in [6.07, 6.45) is 5.92. The van der Waals surface area contributed by atoms with Crippen molar-refractivity contribution in [3.63, 3.8) is 0 Å². The fourth-order valence-corrected chi connectivity index (χ4v) is 4.25. The van der Waals surface area contributed by atoms with Gasteiger partial charge < -0.3 is 14.9 Å². The summed E-state index contributed by atoms with van der Waals surface area (Å²) in [5, 5.41) is 11.5. The molecule has 1 aliphatic heterocycles. The molecular formula is C16H26N4O2S. The number of aliphatic hydroxyl groups is 1. The van der Waals surface area contributed by atoms with Crippen LogP contribution >= 0.6 is 11.5 Å². The number of amides is 1. The summed E-state index contributed by atoms with van der Waals surface area (Å²) in [4.78, 5) is 21.1. The topological polar surface area (TPSA) is 69.6 Å². The lowest BCUT2D eigenvalue weighted by Crippen LogP contribution is -2.50. The molecular weight excluding hydrogens is 312 g/mol. The van der Waals surface area contributed by atoms with Crippen LogP contribution < -0.4 is 4.90 Å². The second-order valence-electron chi connectivity index (χ2n) is 6.68. The monoisotopic (exact) mass is 338 g/mol. The molecule has 0 unspecified atom stereocenters. The average molecular weight is 338 g/mol. The van der Waals surface area contributed by atoms with E-state index in [9.17, 15) is 9.90 Å². The third-order valence-electron chi connectivity index (χ3n) is 4.94. The van der Waals surface area contributed by atoms with Crippen molar-refractivity contribution in [1.82, 2.24) is 14.3 Å². The van der Waals surface area contributed by atoms with Gasteiger partial charge in [0.1, 0.15) is 5.82 Å². The van der Waals surface area contributed by atoms with E-state index in [0.29, 0.717) is 13.1 Å². The van der Waals surface area contributed by atoms with Crippen molar-refractivity contribution < 1.29 is 9.90 Å². The van der Waals surface area contributed by atoms with Crippen LogP contribution in [0.2, 0.25) is 0 Å². The standard InChI is InChI=1S/C16H26N4O2S/c1-2-13-17-15(23-18-13)20-10-8-19(9-11-20)14(21)12-16(22)6-4-3-5-7-16/h22H,2-12H2,1H3. The van der Waals surface area contributed by atoms with Crippen LogP contribution in [0.5, 0.6) is 0 Å². The SMILES string of the molecule is CCc1nsc(N2CCN(C(=O)CC3(O)CCCCC3)CC2)n1. The Balaban J connectivity index is 1.51. The van der Waals surface area contributed by atoms with Crippen LogP contribution in [-0.2, 0) is 11.2 Å². The molecule has 2 aliphatic rings. The molecule has 0 radical (unpaired) electrons. The molecule has 0 atom stereocenters. The zero-order valence-electron chi connectivity index (χ0n) is 13.8. The molecule has 1 aliphatic carbocycles. The number of aryl methyl sites for hydroxylation is 1. The number of nitrogens with zero attached hydrogens (tertiary/aromatic N) is 4. The molecule has 6 nitrogen and oxygen atoms in total. The molecule has 2 heterocycles. The van der Waals surface area contributed by atoms with Gasteiger partial charge in [0.25, 0.3) is 0 Å². The van der Waals surface area contributed by atoms with Crippen molar-refractivity contribution in [3.05, 3.63) is 5.82 Å². The highest BCUT2D eigenvalue weighted by atomic mass is 32.1. The molecule has 23 heavy (non-hydrogen) atoms. The summed E-state index contributed by atoms with van der Waals surface area (Å²) >= 11 is 1.44. The maximum Gasteiger partial charge on any atom is 0.225 e. The van der Waals surface area contributed by atoms with E-state index in [4.69, 9.17) is 0 Å². The average Bonchev–Trinajstić information content (AvgIpc) is 3.04. The number of hydrogen-bond acceptors (Lipinski definition) is 6. The molecule has 0 bridgehead atoms. The van der Waals surface area contributed by atoms with Crippen molar-refractivity contribution in [2.45, 2.75) is 57.5 Å². The zero-order chi connectivity index (χ0) is 16.3. The Morgan fingerprint density at radius 1 is 1.22 bits per heavy atom. The van der Waals surface area contributed by atoms with Crippen molar-refractivity contribution in [1.29, 1.82) is 0 Å². The van der Waals surface area contributed by atoms with Crippen molar-refractivity contribution in [3.8, 4) is 0 Å². The van der Waals surface area contributed by atoms with Gasteiger partial charge in [-0.2, -0.15) is 4.37 Å². The highest BCUT2D eigenvalue weighted by molar-refractivity contribution is 7.09. The maximum atomic E-state index is 12.5. The molecule has 0 spiro atoms. The van der Waals surface area contributed by atoms with Gasteiger partial charge in [0.15, 0.2) is 0 Å². The molecule has 1 aromatic rings. The third-order valence-corrected chi connectivity index (χ3v) is 5.76. The molecule has 0 aromatic carbocycles. The fourth-order valence-electron chi connectivity index (χ4n) is 3.44. The number of piperazine rings is 1. The number of rotatable bonds is 4. The summed E-state index contributed by atoms with van der Waals surface area (Å²) in [6.45, 7) is 5.05. The van der Waals surface area contributed by atoms with Crippen LogP contribution in [0.4, 0.5) is 5.13 Å².